The van der Waals surface area contributed by atoms with Crippen molar-refractivity contribution in [1.82, 2.24) is 20.4 Å². The van der Waals surface area contributed by atoms with Gasteiger partial charge in [-0.15, -0.1) is 0 Å². The Hall–Kier alpha value is -2.97. The van der Waals surface area contributed by atoms with E-state index >= 15 is 0 Å². The summed E-state index contributed by atoms with van der Waals surface area (Å²) in [4.78, 5) is 12.3. The Kier molecular flexibility index (Phi) is 4.12. The predicted molar refractivity (Wildman–Crippen MR) is 75.2 cm³/mol. The topological polar surface area (TPSA) is 142 Å². The highest BCUT2D eigenvalue weighted by molar-refractivity contribution is 6.09. The molecule has 0 aliphatic heterocycles. The van der Waals surface area contributed by atoms with Gasteiger partial charge in [0.15, 0.2) is 5.84 Å². The van der Waals surface area contributed by atoms with Gasteiger partial charge in [-0.2, -0.15) is 15.3 Å². The number of nitrogens with two attached hydrogens (primary N) is 1. The van der Waals surface area contributed by atoms with Crippen LogP contribution >= 0.6 is 0 Å². The number of aryl methyl sites for hydroxylation is 2. The van der Waals surface area contributed by atoms with Crippen molar-refractivity contribution in [2.24, 2.45) is 10.9 Å². The van der Waals surface area contributed by atoms with Crippen LogP contribution in [0.25, 0.3) is 0 Å². The first-order chi connectivity index (χ1) is 10.1. The molecule has 0 atom stereocenters. The van der Waals surface area contributed by atoms with Gasteiger partial charge in [-0.3, -0.25) is 9.89 Å². The van der Waals surface area contributed by atoms with Gasteiger partial charge in [0.1, 0.15) is 5.82 Å². The lowest BCUT2D eigenvalue weighted by Crippen LogP contribution is -2.20. The molecule has 0 spiro atoms. The first kappa shape index (κ1) is 14.4. The quantitative estimate of drug-likeness (QED) is 0.278. The summed E-state index contributed by atoms with van der Waals surface area (Å²) in [6.45, 7) is 3.63. The van der Waals surface area contributed by atoms with Gasteiger partial charge in [0.05, 0.1) is 28.7 Å². The lowest BCUT2D eigenvalue weighted by molar-refractivity contribution is 0.102. The first-order valence-corrected chi connectivity index (χ1v) is 6.22. The number of aromatic amines is 1. The van der Waals surface area contributed by atoms with Gasteiger partial charge in [-0.05, 0) is 19.4 Å². The summed E-state index contributed by atoms with van der Waals surface area (Å²) in [6.07, 6.45) is 1.92. The fourth-order valence-corrected chi connectivity index (χ4v) is 1.78. The van der Waals surface area contributed by atoms with Gasteiger partial charge < -0.3 is 16.3 Å². The molecule has 2 aromatic rings. The van der Waals surface area contributed by atoms with E-state index < -0.39 is 0 Å². The number of nitrogens with one attached hydrogen (secondary N) is 2. The molecule has 1 amide bonds. The van der Waals surface area contributed by atoms with E-state index in [1.165, 1.54) is 6.20 Å². The fourth-order valence-electron chi connectivity index (χ4n) is 1.78. The van der Waals surface area contributed by atoms with Crippen LogP contribution in [0.5, 0.6) is 0 Å². The van der Waals surface area contributed by atoms with Crippen LogP contribution in [0.1, 0.15) is 34.2 Å². The van der Waals surface area contributed by atoms with Gasteiger partial charge >= 0.3 is 0 Å². The number of anilines is 1. The third kappa shape index (κ3) is 2.96. The molecule has 110 valence electrons. The standard InChI is InChI=1S/C12H15N7O2/c1-3-9-7(4-6(2)16-17-9)12(20)15-11-8(5-14-18-11)10(13)19-21/h4-5,21H,3H2,1-2H3,(H2,13,19)(H2,14,15,18,20). The third-order valence-corrected chi connectivity index (χ3v) is 2.83. The number of H-pyrrole nitrogens is 1. The summed E-state index contributed by atoms with van der Waals surface area (Å²) >= 11 is 0. The lowest BCUT2D eigenvalue weighted by Gasteiger charge is -2.08. The van der Waals surface area contributed by atoms with E-state index in [0.717, 1.165) is 0 Å². The summed E-state index contributed by atoms with van der Waals surface area (Å²) < 4.78 is 0. The second-order valence-electron chi connectivity index (χ2n) is 4.30. The zero-order chi connectivity index (χ0) is 15.4. The molecule has 0 bridgehead atoms. The van der Waals surface area contributed by atoms with Gasteiger partial charge in [-0.1, -0.05) is 12.1 Å². The van der Waals surface area contributed by atoms with Crippen molar-refractivity contribution in [3.63, 3.8) is 0 Å². The average molecular weight is 289 g/mol. The molecule has 9 heteroatoms. The number of hydrogen-bond donors (Lipinski definition) is 4. The molecule has 0 unspecified atom stereocenters. The van der Waals surface area contributed by atoms with Crippen LogP contribution in [0.2, 0.25) is 0 Å². The lowest BCUT2D eigenvalue weighted by atomic mass is 10.1. The van der Waals surface area contributed by atoms with Crippen molar-refractivity contribution < 1.29 is 10.0 Å². The van der Waals surface area contributed by atoms with E-state index in [1.54, 1.807) is 13.0 Å². The molecule has 5 N–H and O–H groups in total. The minimum atomic E-state index is -0.374. The maximum Gasteiger partial charge on any atom is 0.258 e. The summed E-state index contributed by atoms with van der Waals surface area (Å²) in [6, 6.07) is 1.65. The smallest absolute Gasteiger partial charge is 0.258 e. The minimum Gasteiger partial charge on any atom is -0.409 e. The Balaban J connectivity index is 2.31. The van der Waals surface area contributed by atoms with Crippen LogP contribution in [0.3, 0.4) is 0 Å². The number of carbonyl (C=O) groups is 1. The molecule has 0 fully saturated rings. The molecular weight excluding hydrogens is 274 g/mol. The number of rotatable bonds is 4. The number of carbonyl (C=O) groups excluding carboxylic acids is 1. The Morgan fingerprint density at radius 1 is 1.48 bits per heavy atom. The van der Waals surface area contributed by atoms with Crippen molar-refractivity contribution in [2.75, 3.05) is 5.32 Å². The van der Waals surface area contributed by atoms with Crippen molar-refractivity contribution in [1.29, 1.82) is 0 Å². The van der Waals surface area contributed by atoms with Crippen LogP contribution < -0.4 is 11.1 Å². The Morgan fingerprint density at radius 2 is 2.24 bits per heavy atom. The second kappa shape index (κ2) is 5.99. The maximum atomic E-state index is 12.3. The number of oxime groups is 1. The number of hydrogen-bond acceptors (Lipinski definition) is 6. The van der Waals surface area contributed by atoms with Crippen LogP contribution in [0.15, 0.2) is 17.4 Å². The monoisotopic (exact) mass is 289 g/mol. The highest BCUT2D eigenvalue weighted by Crippen LogP contribution is 2.14. The molecule has 0 radical (unpaired) electrons. The highest BCUT2D eigenvalue weighted by atomic mass is 16.4. The second-order valence-corrected chi connectivity index (χ2v) is 4.30. The normalized spacial score (nSPS) is 11.4. The van der Waals surface area contributed by atoms with E-state index in [4.69, 9.17) is 10.9 Å². The summed E-state index contributed by atoms with van der Waals surface area (Å²) in [5, 5.41) is 28.5. The van der Waals surface area contributed by atoms with Crippen molar-refractivity contribution in [2.45, 2.75) is 20.3 Å². The number of amides is 1. The third-order valence-electron chi connectivity index (χ3n) is 2.83. The molecule has 21 heavy (non-hydrogen) atoms. The van der Waals surface area contributed by atoms with E-state index in [2.05, 4.69) is 30.9 Å². The van der Waals surface area contributed by atoms with Gasteiger partial charge in [0, 0.05) is 0 Å². The Labute approximate surface area is 120 Å². The fraction of sp³-hybridized carbons (Fsp3) is 0.250. The van der Waals surface area contributed by atoms with Crippen LogP contribution in [0, 0.1) is 6.92 Å². The summed E-state index contributed by atoms with van der Waals surface area (Å²) in [5.74, 6) is -0.285. The molecule has 0 aliphatic carbocycles. The Morgan fingerprint density at radius 3 is 2.90 bits per heavy atom. The summed E-state index contributed by atoms with van der Waals surface area (Å²) in [5.41, 5.74) is 7.44. The molecular formula is C12H15N7O2. The average Bonchev–Trinajstić information content (AvgIpc) is 2.94. The number of aromatic nitrogens is 4. The van der Waals surface area contributed by atoms with Crippen molar-refractivity contribution in [3.8, 4) is 0 Å². The molecule has 0 saturated carbocycles. The minimum absolute atomic E-state index is 0.154. The van der Waals surface area contributed by atoms with Crippen LogP contribution in [0.4, 0.5) is 5.82 Å². The number of nitrogens with zero attached hydrogens (tertiary/aromatic N) is 4. The predicted octanol–water partition coefficient (Wildman–Crippen LogP) is 0.417. The first-order valence-electron chi connectivity index (χ1n) is 6.22. The molecule has 2 rings (SSSR count). The highest BCUT2D eigenvalue weighted by Gasteiger charge is 2.17. The maximum absolute atomic E-state index is 12.3. The van der Waals surface area contributed by atoms with E-state index in [-0.39, 0.29) is 17.6 Å². The van der Waals surface area contributed by atoms with Gasteiger partial charge in [0.2, 0.25) is 0 Å². The number of amidine groups is 1. The summed E-state index contributed by atoms with van der Waals surface area (Å²) in [7, 11) is 0. The largest absolute Gasteiger partial charge is 0.409 e. The molecule has 0 aromatic carbocycles. The molecule has 0 aliphatic rings. The van der Waals surface area contributed by atoms with Crippen molar-refractivity contribution in [3.05, 3.63) is 34.8 Å². The molecule has 2 aromatic heterocycles. The zero-order valence-electron chi connectivity index (χ0n) is 11.6. The molecule has 9 nitrogen and oxygen atoms in total. The zero-order valence-corrected chi connectivity index (χ0v) is 11.6. The van der Waals surface area contributed by atoms with Crippen LogP contribution in [-0.4, -0.2) is 37.3 Å². The van der Waals surface area contributed by atoms with Crippen molar-refractivity contribution >= 4 is 17.6 Å². The van der Waals surface area contributed by atoms with Crippen LogP contribution in [-0.2, 0) is 6.42 Å². The Bertz CT molecular complexity index is 693. The van der Waals surface area contributed by atoms with E-state index in [0.29, 0.717) is 28.9 Å². The molecule has 2 heterocycles. The van der Waals surface area contributed by atoms with Gasteiger partial charge in [-0.25, -0.2) is 0 Å². The SMILES string of the molecule is CCc1nnc(C)cc1C(=O)Nc1[nH]ncc1C(N)=NO. The van der Waals surface area contributed by atoms with E-state index in [1.807, 2.05) is 6.92 Å². The van der Waals surface area contributed by atoms with E-state index in [9.17, 15) is 4.79 Å². The van der Waals surface area contributed by atoms with Gasteiger partial charge in [0.25, 0.3) is 5.91 Å². The molecule has 0 saturated heterocycles.